The molecule has 1 aliphatic heterocycles. The van der Waals surface area contributed by atoms with E-state index in [-0.39, 0.29) is 10.6 Å². The molecule has 0 bridgehead atoms. The molecule has 1 aliphatic rings. The minimum atomic E-state index is -3.75. The van der Waals surface area contributed by atoms with E-state index in [1.807, 2.05) is 0 Å². The van der Waals surface area contributed by atoms with Crippen molar-refractivity contribution in [1.29, 1.82) is 0 Å². The Balaban J connectivity index is 1.23. The van der Waals surface area contributed by atoms with E-state index in [1.165, 1.54) is 12.1 Å². The monoisotopic (exact) mass is 587 g/mol. The first kappa shape index (κ1) is 30.1. The Morgan fingerprint density at radius 3 is 1.81 bits per heavy atom. The summed E-state index contributed by atoms with van der Waals surface area (Å²) in [4.78, 5) is 0.488. The fourth-order valence-electron chi connectivity index (χ4n) is 4.42. The van der Waals surface area contributed by atoms with Gasteiger partial charge in [-0.05, 0) is 30.7 Å². The van der Waals surface area contributed by atoms with Crippen LogP contribution < -0.4 is 5.73 Å². The molecule has 0 aliphatic carbocycles. The van der Waals surface area contributed by atoms with Gasteiger partial charge in [-0.1, -0.05) is 0 Å². The third-order valence-electron chi connectivity index (χ3n) is 6.53. The standard InChI is InChI=1S/C26H37NO6S2.O.Ti/c27-22-17-19-23(20-18-22)34(30,31)21-13-8-6-4-2-1-3-5-7-12-16-25(28)26(29)35(32,33)24-14-10-9-11-15-24;;/h9-11,14-15,17-20,25-26H,1-8,12-13,16,21,27H2;;/q-2;;+2. The van der Waals surface area contributed by atoms with Gasteiger partial charge in [-0.25, -0.2) is 8.42 Å². The number of nitrogen functional groups attached to an aromatic ring is 1. The summed E-state index contributed by atoms with van der Waals surface area (Å²) >= 11 is -3.45. The van der Waals surface area contributed by atoms with Crippen molar-refractivity contribution >= 4 is 25.4 Å². The van der Waals surface area contributed by atoms with Crippen molar-refractivity contribution in [3.63, 3.8) is 0 Å². The molecule has 0 aromatic heterocycles. The fraction of sp³-hybridized carbons (Fsp3) is 0.538. The number of benzene rings is 2. The molecule has 1 heterocycles. The van der Waals surface area contributed by atoms with E-state index in [4.69, 9.17) is 12.4 Å². The Hall–Kier alpha value is -1.43. The first-order chi connectivity index (χ1) is 17.7. The van der Waals surface area contributed by atoms with Crippen LogP contribution in [0, 0.1) is 0 Å². The van der Waals surface area contributed by atoms with E-state index in [9.17, 15) is 20.2 Å². The smallest absolute Gasteiger partial charge is 0.0379 e. The second-order valence-electron chi connectivity index (χ2n) is 9.46. The van der Waals surface area contributed by atoms with Gasteiger partial charge in [0.15, 0.2) is 9.84 Å². The summed E-state index contributed by atoms with van der Waals surface area (Å²) in [5, 5.41) is 0. The molecule has 37 heavy (non-hydrogen) atoms. The maximum atomic E-state index is 12.9. The van der Waals surface area contributed by atoms with Crippen LogP contribution in [0.15, 0.2) is 64.4 Å². The maximum Gasteiger partial charge on any atom is -0.0379 e. The summed E-state index contributed by atoms with van der Waals surface area (Å²) in [5.41, 5.74) is 4.98. The van der Waals surface area contributed by atoms with E-state index in [2.05, 4.69) is 0 Å². The molecule has 0 saturated carbocycles. The van der Waals surface area contributed by atoms with Crippen LogP contribution in [0.1, 0.15) is 70.6 Å². The molecule has 2 aromatic rings. The molecule has 2 aromatic carbocycles. The summed E-state index contributed by atoms with van der Waals surface area (Å²) in [6.07, 6.45) is 9.63. The second-order valence-corrected chi connectivity index (χ2v) is 15.1. The molecule has 1 fully saturated rings. The van der Waals surface area contributed by atoms with Crippen molar-refractivity contribution in [2.45, 2.75) is 92.0 Å². The molecular formula is C26H37NO7S2Ti. The van der Waals surface area contributed by atoms with Gasteiger partial charge in [0.05, 0.1) is 10.6 Å². The summed E-state index contributed by atoms with van der Waals surface area (Å²) in [7, 11) is -7.00. The summed E-state index contributed by atoms with van der Waals surface area (Å²) in [6, 6.07) is 14.4. The number of unbranched alkanes of at least 4 members (excludes halogenated alkanes) is 9. The van der Waals surface area contributed by atoms with Crippen LogP contribution in [0.2, 0.25) is 0 Å². The Morgan fingerprint density at radius 1 is 0.676 bits per heavy atom. The first-order valence-corrected chi connectivity index (χ1v) is 18.1. The summed E-state index contributed by atoms with van der Waals surface area (Å²) < 4.78 is 72.9. The zero-order valence-corrected chi connectivity index (χ0v) is 24.3. The van der Waals surface area contributed by atoms with Gasteiger partial charge in [-0.3, -0.25) is 0 Å². The molecule has 0 radical (unpaired) electrons. The second kappa shape index (κ2) is 14.7. The fourth-order valence-corrected chi connectivity index (χ4v) is 9.77. The number of anilines is 1. The van der Waals surface area contributed by atoms with Gasteiger partial charge < -0.3 is 5.73 Å². The summed E-state index contributed by atoms with van der Waals surface area (Å²) in [5.74, 6) is 0.163. The van der Waals surface area contributed by atoms with Crippen LogP contribution in [-0.4, -0.2) is 34.1 Å². The summed E-state index contributed by atoms with van der Waals surface area (Å²) in [6.45, 7) is 0. The SMILES string of the molecule is Nc1ccc(S(=O)(=O)CCCCCCCCCCCCC2[O][Ti](=[O])[O]C2S(=O)(=O)c2ccccc2)cc1. The van der Waals surface area contributed by atoms with Crippen molar-refractivity contribution in [2.24, 2.45) is 0 Å². The molecule has 1 saturated heterocycles. The predicted octanol–water partition coefficient (Wildman–Crippen LogP) is 5.34. The van der Waals surface area contributed by atoms with Gasteiger partial charge in [0.25, 0.3) is 0 Å². The molecule has 2 unspecified atom stereocenters. The number of rotatable bonds is 16. The molecule has 0 spiro atoms. The van der Waals surface area contributed by atoms with Gasteiger partial charge >= 0.3 is 158 Å². The molecule has 2 N–H and O–H groups in total. The molecule has 2 atom stereocenters. The van der Waals surface area contributed by atoms with Crippen LogP contribution in [0.4, 0.5) is 5.69 Å². The van der Waals surface area contributed by atoms with Crippen molar-refractivity contribution < 1.29 is 45.4 Å². The van der Waals surface area contributed by atoms with Crippen molar-refractivity contribution in [3.05, 3.63) is 54.6 Å². The van der Waals surface area contributed by atoms with E-state index in [1.54, 1.807) is 42.5 Å². The molecule has 204 valence electrons. The molecule has 11 heteroatoms. The molecule has 0 amide bonds. The number of nitrogens with two attached hydrogens (primary N) is 1. The van der Waals surface area contributed by atoms with E-state index >= 15 is 0 Å². The van der Waals surface area contributed by atoms with Crippen LogP contribution >= 0.6 is 0 Å². The zero-order valence-electron chi connectivity index (χ0n) is 21.1. The first-order valence-electron chi connectivity index (χ1n) is 12.9. The maximum absolute atomic E-state index is 12.9. The Labute approximate surface area is 227 Å². The average Bonchev–Trinajstić information content (AvgIpc) is 3.26. The van der Waals surface area contributed by atoms with Gasteiger partial charge in [0, 0.05) is 5.69 Å². The van der Waals surface area contributed by atoms with Crippen LogP contribution in [-0.2, 0) is 48.3 Å². The van der Waals surface area contributed by atoms with Crippen molar-refractivity contribution in [3.8, 4) is 0 Å². The number of hydrogen-bond donors (Lipinski definition) is 1. The Bertz CT molecular complexity index is 1200. The molecular weight excluding hydrogens is 550 g/mol. The van der Waals surface area contributed by atoms with Crippen molar-refractivity contribution in [2.75, 3.05) is 11.5 Å². The van der Waals surface area contributed by atoms with E-state index < -0.39 is 49.8 Å². The van der Waals surface area contributed by atoms with Crippen molar-refractivity contribution in [1.82, 2.24) is 0 Å². The van der Waals surface area contributed by atoms with Gasteiger partial charge in [-0.2, -0.15) is 0 Å². The Morgan fingerprint density at radius 2 is 1.22 bits per heavy atom. The van der Waals surface area contributed by atoms with Gasteiger partial charge in [0.1, 0.15) is 0 Å². The quantitative estimate of drug-likeness (QED) is 0.158. The minimum Gasteiger partial charge on any atom is -0.0415 e. The topological polar surface area (TPSA) is 130 Å². The zero-order chi connectivity index (χ0) is 26.7. The molecule has 3 rings (SSSR count). The predicted molar refractivity (Wildman–Crippen MR) is 138 cm³/mol. The third-order valence-corrected chi connectivity index (χ3v) is 12.0. The normalized spacial score (nSPS) is 18.3. The van der Waals surface area contributed by atoms with Crippen LogP contribution in [0.5, 0.6) is 0 Å². The largest absolute Gasteiger partial charge is 0.0415 e. The van der Waals surface area contributed by atoms with E-state index in [0.717, 1.165) is 57.8 Å². The molecule has 8 nitrogen and oxygen atoms in total. The average molecular weight is 588 g/mol. The van der Waals surface area contributed by atoms with Gasteiger partial charge in [-0.15, -0.1) is 0 Å². The minimum absolute atomic E-state index is 0.157. The Kier molecular flexibility index (Phi) is 11.9. The van der Waals surface area contributed by atoms with E-state index in [0.29, 0.717) is 23.4 Å². The third kappa shape index (κ3) is 9.37. The van der Waals surface area contributed by atoms with Crippen LogP contribution in [0.25, 0.3) is 0 Å². The number of sulfone groups is 2. The number of hydrogen-bond acceptors (Lipinski definition) is 8. The van der Waals surface area contributed by atoms with Gasteiger partial charge in [0.2, 0.25) is 0 Å². The van der Waals surface area contributed by atoms with Crippen LogP contribution in [0.3, 0.4) is 0 Å².